The highest BCUT2D eigenvalue weighted by molar-refractivity contribution is 5.98. The number of rotatable bonds is 6. The lowest BCUT2D eigenvalue weighted by molar-refractivity contribution is -0.114. The lowest BCUT2D eigenvalue weighted by atomic mass is 9.78. The number of hydrogen-bond acceptors (Lipinski definition) is 6. The summed E-state index contributed by atoms with van der Waals surface area (Å²) in [6, 6.07) is 19.4. The molecule has 4 rings (SSSR count). The number of carbonyl (C=O) groups excluding carboxylic acids is 2. The van der Waals surface area contributed by atoms with Crippen LogP contribution in [0.3, 0.4) is 0 Å². The van der Waals surface area contributed by atoms with Gasteiger partial charge in [-0.3, -0.25) is 4.79 Å². The van der Waals surface area contributed by atoms with Gasteiger partial charge < -0.3 is 24.8 Å². The van der Waals surface area contributed by atoms with E-state index in [-0.39, 0.29) is 5.91 Å². The number of fused-ring (bicyclic) bond motifs is 1. The van der Waals surface area contributed by atoms with Gasteiger partial charge in [-0.2, -0.15) is 0 Å². The second-order valence-corrected chi connectivity index (χ2v) is 9.41. The second-order valence-electron chi connectivity index (χ2n) is 9.41. The van der Waals surface area contributed by atoms with E-state index in [1.165, 1.54) is 6.92 Å². The third-order valence-corrected chi connectivity index (χ3v) is 6.34. The molecule has 0 spiro atoms. The molecular formula is C28H32N4O3. The summed E-state index contributed by atoms with van der Waals surface area (Å²) in [5.41, 5.74) is 4.96. The van der Waals surface area contributed by atoms with Crippen molar-refractivity contribution >= 4 is 34.6 Å². The summed E-state index contributed by atoms with van der Waals surface area (Å²) in [5.74, 6) is -0.599. The van der Waals surface area contributed by atoms with E-state index in [0.717, 1.165) is 28.2 Å². The maximum absolute atomic E-state index is 13.3. The minimum atomic E-state index is -1.25. The van der Waals surface area contributed by atoms with E-state index in [0.29, 0.717) is 16.8 Å². The van der Waals surface area contributed by atoms with Crippen LogP contribution in [0.15, 0.2) is 60.7 Å². The fraction of sp³-hybridized carbons (Fsp3) is 0.286. The van der Waals surface area contributed by atoms with Crippen LogP contribution < -0.4 is 20.0 Å². The van der Waals surface area contributed by atoms with Crippen LogP contribution in [0.1, 0.15) is 34.0 Å². The molecule has 7 nitrogen and oxygen atoms in total. The molecule has 35 heavy (non-hydrogen) atoms. The van der Waals surface area contributed by atoms with Gasteiger partial charge in [0.2, 0.25) is 5.91 Å². The third-order valence-electron chi connectivity index (χ3n) is 6.34. The number of carbonyl (C=O) groups is 2. The van der Waals surface area contributed by atoms with E-state index in [9.17, 15) is 9.59 Å². The summed E-state index contributed by atoms with van der Waals surface area (Å²) in [6.07, 6.45) is 0. The van der Waals surface area contributed by atoms with Crippen LogP contribution in [0.2, 0.25) is 0 Å². The van der Waals surface area contributed by atoms with Crippen molar-refractivity contribution in [2.75, 3.05) is 62.3 Å². The first-order valence-corrected chi connectivity index (χ1v) is 11.5. The molecule has 1 amide bonds. The Morgan fingerprint density at radius 1 is 0.771 bits per heavy atom. The molecule has 1 aliphatic rings. The van der Waals surface area contributed by atoms with Crippen molar-refractivity contribution < 1.29 is 14.3 Å². The molecule has 0 fully saturated rings. The summed E-state index contributed by atoms with van der Waals surface area (Å²) in [6.45, 7) is 1.48. The van der Waals surface area contributed by atoms with Gasteiger partial charge >= 0.3 is 5.97 Å². The Labute approximate surface area is 206 Å². The first-order valence-electron chi connectivity index (χ1n) is 11.5. The first-order chi connectivity index (χ1) is 16.6. The van der Waals surface area contributed by atoms with E-state index in [1.807, 2.05) is 106 Å². The Bertz CT molecular complexity index is 1300. The number of esters is 1. The molecule has 7 heteroatoms. The van der Waals surface area contributed by atoms with Crippen molar-refractivity contribution in [2.45, 2.75) is 12.5 Å². The van der Waals surface area contributed by atoms with Crippen molar-refractivity contribution in [1.82, 2.24) is 0 Å². The fourth-order valence-corrected chi connectivity index (χ4v) is 4.64. The summed E-state index contributed by atoms with van der Waals surface area (Å²) in [4.78, 5) is 31.5. The molecule has 0 aliphatic carbocycles. The quantitative estimate of drug-likeness (QED) is 0.540. The Hall–Kier alpha value is -4.00. The van der Waals surface area contributed by atoms with Gasteiger partial charge in [-0.05, 0) is 30.3 Å². The van der Waals surface area contributed by atoms with Gasteiger partial charge in [0.05, 0.1) is 11.3 Å². The number of amides is 1. The van der Waals surface area contributed by atoms with Crippen LogP contribution in [-0.4, -0.2) is 54.2 Å². The standard InChI is InChI=1S/C28H32N4O3/c1-18(33)29-25-16-19(30(2)3)12-14-23(25)28(22-11-9-8-10-21(22)27(34)35-28)24-15-13-20(31(4)5)17-26(24)32(6)7/h8-17H,1-7H3,(H,29,33). The SMILES string of the molecule is CC(=O)Nc1cc(N(C)C)ccc1C1(c2ccc(N(C)C)cc2N(C)C)OC(=O)c2ccccc21. The number of cyclic esters (lactones) is 1. The lowest BCUT2D eigenvalue weighted by Gasteiger charge is -2.35. The van der Waals surface area contributed by atoms with Crippen LogP contribution >= 0.6 is 0 Å². The zero-order valence-electron chi connectivity index (χ0n) is 21.3. The normalized spacial score (nSPS) is 16.4. The molecule has 0 saturated heterocycles. The summed E-state index contributed by atoms with van der Waals surface area (Å²) in [7, 11) is 11.8. The minimum Gasteiger partial charge on any atom is -0.440 e. The predicted molar refractivity (Wildman–Crippen MR) is 142 cm³/mol. The van der Waals surface area contributed by atoms with Crippen LogP contribution in [-0.2, 0) is 15.1 Å². The number of anilines is 4. The molecule has 1 heterocycles. The molecule has 3 aromatic rings. The zero-order chi connectivity index (χ0) is 25.5. The number of nitrogens with zero attached hydrogens (tertiary/aromatic N) is 3. The summed E-state index contributed by atoms with van der Waals surface area (Å²) < 4.78 is 6.36. The molecule has 0 saturated carbocycles. The van der Waals surface area contributed by atoms with Crippen molar-refractivity contribution in [2.24, 2.45) is 0 Å². The van der Waals surface area contributed by atoms with Crippen LogP contribution in [0.5, 0.6) is 0 Å². The monoisotopic (exact) mass is 472 g/mol. The Balaban J connectivity index is 2.12. The molecule has 0 bridgehead atoms. The molecule has 182 valence electrons. The van der Waals surface area contributed by atoms with Gasteiger partial charge in [-0.15, -0.1) is 0 Å². The van der Waals surface area contributed by atoms with Gasteiger partial charge in [0, 0.05) is 83.0 Å². The topological polar surface area (TPSA) is 65.1 Å². The number of ether oxygens (including phenoxy) is 1. The maximum atomic E-state index is 13.3. The molecule has 0 aromatic heterocycles. The highest BCUT2D eigenvalue weighted by atomic mass is 16.6. The van der Waals surface area contributed by atoms with Crippen LogP contribution in [0.25, 0.3) is 0 Å². The molecule has 1 unspecified atom stereocenters. The van der Waals surface area contributed by atoms with Crippen molar-refractivity contribution in [3.05, 3.63) is 82.9 Å². The second kappa shape index (κ2) is 8.98. The van der Waals surface area contributed by atoms with E-state index in [4.69, 9.17) is 4.74 Å². The highest BCUT2D eigenvalue weighted by Crippen LogP contribution is 2.52. The molecule has 1 N–H and O–H groups in total. The Morgan fingerprint density at radius 2 is 1.37 bits per heavy atom. The molecule has 3 aromatic carbocycles. The van der Waals surface area contributed by atoms with Crippen molar-refractivity contribution in [1.29, 1.82) is 0 Å². The van der Waals surface area contributed by atoms with E-state index >= 15 is 0 Å². The molecular weight excluding hydrogens is 440 g/mol. The minimum absolute atomic E-state index is 0.203. The number of hydrogen-bond donors (Lipinski definition) is 1. The highest BCUT2D eigenvalue weighted by Gasteiger charge is 2.51. The summed E-state index contributed by atoms with van der Waals surface area (Å²) >= 11 is 0. The van der Waals surface area contributed by atoms with Gasteiger partial charge in [0.15, 0.2) is 5.60 Å². The van der Waals surface area contributed by atoms with Gasteiger partial charge in [0.25, 0.3) is 0 Å². The Morgan fingerprint density at radius 3 is 1.97 bits per heavy atom. The molecule has 0 radical (unpaired) electrons. The Kier molecular flexibility index (Phi) is 6.19. The van der Waals surface area contributed by atoms with E-state index in [2.05, 4.69) is 11.4 Å². The van der Waals surface area contributed by atoms with Crippen LogP contribution in [0, 0.1) is 0 Å². The van der Waals surface area contributed by atoms with Gasteiger partial charge in [-0.1, -0.05) is 30.3 Å². The molecule has 1 atom stereocenters. The molecule has 1 aliphatic heterocycles. The third kappa shape index (κ3) is 4.07. The largest absolute Gasteiger partial charge is 0.440 e. The van der Waals surface area contributed by atoms with Gasteiger partial charge in [-0.25, -0.2) is 4.79 Å². The van der Waals surface area contributed by atoms with Gasteiger partial charge in [0.1, 0.15) is 0 Å². The van der Waals surface area contributed by atoms with Crippen LogP contribution in [0.4, 0.5) is 22.7 Å². The van der Waals surface area contributed by atoms with Crippen molar-refractivity contribution in [3.8, 4) is 0 Å². The average Bonchev–Trinajstić information content (AvgIpc) is 3.11. The number of benzene rings is 3. The number of nitrogens with one attached hydrogen (secondary N) is 1. The lowest BCUT2D eigenvalue weighted by Crippen LogP contribution is -2.33. The summed E-state index contributed by atoms with van der Waals surface area (Å²) in [5, 5.41) is 2.99. The van der Waals surface area contributed by atoms with E-state index in [1.54, 1.807) is 6.07 Å². The fourth-order valence-electron chi connectivity index (χ4n) is 4.64. The zero-order valence-corrected chi connectivity index (χ0v) is 21.3. The predicted octanol–water partition coefficient (Wildman–Crippen LogP) is 4.31. The van der Waals surface area contributed by atoms with Crippen molar-refractivity contribution in [3.63, 3.8) is 0 Å². The maximum Gasteiger partial charge on any atom is 0.340 e. The van der Waals surface area contributed by atoms with E-state index < -0.39 is 11.6 Å². The smallest absolute Gasteiger partial charge is 0.340 e. The average molecular weight is 473 g/mol. The first kappa shape index (κ1) is 24.1.